The maximum atomic E-state index is 12.1. The average Bonchev–Trinajstić information content (AvgIpc) is 2.48. The van der Waals surface area contributed by atoms with Crippen LogP contribution in [0.25, 0.3) is 0 Å². The third kappa shape index (κ3) is 4.39. The minimum absolute atomic E-state index is 0.110. The van der Waals surface area contributed by atoms with Crippen LogP contribution in [0.3, 0.4) is 0 Å². The number of hydrogen-bond acceptors (Lipinski definition) is 2. The van der Waals surface area contributed by atoms with Gasteiger partial charge in [0, 0.05) is 27.1 Å². The molecule has 0 aliphatic rings. The predicted octanol–water partition coefficient (Wildman–Crippen LogP) is 4.22. The van der Waals surface area contributed by atoms with Gasteiger partial charge in [-0.1, -0.05) is 46.3 Å². The second-order valence-electron chi connectivity index (χ2n) is 4.40. The van der Waals surface area contributed by atoms with Crippen molar-refractivity contribution < 1.29 is 9.00 Å². The molecule has 0 aromatic heterocycles. The van der Waals surface area contributed by atoms with Gasteiger partial charge in [0.15, 0.2) is 5.78 Å². The first-order chi connectivity index (χ1) is 9.66. The van der Waals surface area contributed by atoms with E-state index in [-0.39, 0.29) is 5.78 Å². The van der Waals surface area contributed by atoms with Crippen LogP contribution in [0.15, 0.2) is 64.0 Å². The number of carbonyl (C=O) groups is 1. The van der Waals surface area contributed by atoms with Crippen LogP contribution in [-0.4, -0.2) is 15.7 Å². The number of carbonyl (C=O) groups excluding carboxylic acids is 1. The molecule has 2 aromatic rings. The lowest BCUT2D eigenvalue weighted by atomic mass is 10.1. The molecule has 0 bridgehead atoms. The van der Waals surface area contributed by atoms with Crippen molar-refractivity contribution in [2.75, 3.05) is 5.75 Å². The van der Waals surface area contributed by atoms with Gasteiger partial charge in [-0.25, -0.2) is 0 Å². The van der Waals surface area contributed by atoms with Crippen LogP contribution in [0, 0.1) is 0 Å². The summed E-state index contributed by atoms with van der Waals surface area (Å²) in [5.74, 6) is 0.624. The lowest BCUT2D eigenvalue weighted by Crippen LogP contribution is -2.03. The fourth-order valence-electron chi connectivity index (χ4n) is 1.84. The van der Waals surface area contributed by atoms with Gasteiger partial charge in [0.05, 0.1) is 10.8 Å². The van der Waals surface area contributed by atoms with Crippen LogP contribution >= 0.6 is 15.9 Å². The Morgan fingerprint density at radius 3 is 2.30 bits per heavy atom. The molecular weight excluding hydrogens is 336 g/mol. The first kappa shape index (κ1) is 15.1. The van der Waals surface area contributed by atoms with Crippen molar-refractivity contribution in [1.29, 1.82) is 0 Å². The van der Waals surface area contributed by atoms with Crippen molar-refractivity contribution in [3.63, 3.8) is 0 Å². The molecule has 1 unspecified atom stereocenters. The minimum Gasteiger partial charge on any atom is -0.294 e. The number of Topliss-reactive ketones (excluding diaryl/α,β-unsaturated/α-hetero) is 1. The molecule has 0 N–H and O–H groups in total. The molecule has 2 rings (SSSR count). The standard InChI is InChI=1S/C16H15BrO2S/c17-14-8-10-15(11-9-14)20(19)12-4-7-16(18)13-5-2-1-3-6-13/h1-3,5-6,8-11H,4,7,12H2. The van der Waals surface area contributed by atoms with Gasteiger partial charge in [-0.2, -0.15) is 0 Å². The molecular formula is C16H15BrO2S. The Labute approximate surface area is 129 Å². The van der Waals surface area contributed by atoms with Gasteiger partial charge in [0.1, 0.15) is 0 Å². The quantitative estimate of drug-likeness (QED) is 0.731. The normalized spacial score (nSPS) is 12.1. The molecule has 0 heterocycles. The van der Waals surface area contributed by atoms with Gasteiger partial charge >= 0.3 is 0 Å². The van der Waals surface area contributed by atoms with Crippen molar-refractivity contribution >= 4 is 32.5 Å². The summed E-state index contributed by atoms with van der Waals surface area (Å²) in [5, 5.41) is 0. The van der Waals surface area contributed by atoms with Crippen LogP contribution in [-0.2, 0) is 10.8 Å². The number of benzene rings is 2. The van der Waals surface area contributed by atoms with E-state index in [2.05, 4.69) is 15.9 Å². The first-order valence-electron chi connectivity index (χ1n) is 6.39. The summed E-state index contributed by atoms with van der Waals surface area (Å²) in [7, 11) is -1.04. The summed E-state index contributed by atoms with van der Waals surface area (Å²) in [6, 6.07) is 16.7. The monoisotopic (exact) mass is 350 g/mol. The van der Waals surface area contributed by atoms with Crippen LogP contribution in [0.5, 0.6) is 0 Å². The number of ketones is 1. The van der Waals surface area contributed by atoms with E-state index in [9.17, 15) is 9.00 Å². The maximum Gasteiger partial charge on any atom is 0.162 e. The molecule has 2 aromatic carbocycles. The molecule has 0 radical (unpaired) electrons. The predicted molar refractivity (Wildman–Crippen MR) is 85.4 cm³/mol. The van der Waals surface area contributed by atoms with Crippen molar-refractivity contribution in [3.8, 4) is 0 Å². The maximum absolute atomic E-state index is 12.1. The second-order valence-corrected chi connectivity index (χ2v) is 6.88. The zero-order valence-electron chi connectivity index (χ0n) is 10.9. The Kier molecular flexibility index (Phi) is 5.68. The van der Waals surface area contributed by atoms with Crippen LogP contribution < -0.4 is 0 Å². The molecule has 0 spiro atoms. The summed E-state index contributed by atoms with van der Waals surface area (Å²) < 4.78 is 13.0. The summed E-state index contributed by atoms with van der Waals surface area (Å²) >= 11 is 3.35. The summed E-state index contributed by atoms with van der Waals surface area (Å²) in [6.45, 7) is 0. The third-order valence-corrected chi connectivity index (χ3v) is 4.89. The Bertz CT molecular complexity index is 594. The smallest absolute Gasteiger partial charge is 0.162 e. The molecule has 4 heteroatoms. The first-order valence-corrected chi connectivity index (χ1v) is 8.50. The largest absolute Gasteiger partial charge is 0.294 e. The molecule has 0 amide bonds. The van der Waals surface area contributed by atoms with Gasteiger partial charge < -0.3 is 0 Å². The highest BCUT2D eigenvalue weighted by molar-refractivity contribution is 9.10. The van der Waals surface area contributed by atoms with E-state index in [1.54, 1.807) is 0 Å². The molecule has 0 aliphatic carbocycles. The topological polar surface area (TPSA) is 34.1 Å². The van der Waals surface area contributed by atoms with E-state index >= 15 is 0 Å². The lowest BCUT2D eigenvalue weighted by Gasteiger charge is -2.03. The highest BCUT2D eigenvalue weighted by Crippen LogP contribution is 2.14. The third-order valence-electron chi connectivity index (χ3n) is 2.91. The highest BCUT2D eigenvalue weighted by Gasteiger charge is 2.08. The van der Waals surface area contributed by atoms with Crippen molar-refractivity contribution in [3.05, 3.63) is 64.6 Å². The number of halogens is 1. The van der Waals surface area contributed by atoms with E-state index in [0.717, 1.165) is 14.9 Å². The van der Waals surface area contributed by atoms with Crippen LogP contribution in [0.2, 0.25) is 0 Å². The highest BCUT2D eigenvalue weighted by atomic mass is 79.9. The second kappa shape index (κ2) is 7.50. The fraction of sp³-hybridized carbons (Fsp3) is 0.188. The molecule has 0 saturated heterocycles. The van der Waals surface area contributed by atoms with Gasteiger partial charge in [0.25, 0.3) is 0 Å². The summed E-state index contributed by atoms with van der Waals surface area (Å²) in [5.41, 5.74) is 0.724. The van der Waals surface area contributed by atoms with E-state index in [1.807, 2.05) is 54.6 Å². The van der Waals surface area contributed by atoms with Gasteiger partial charge in [-0.05, 0) is 30.7 Å². The number of hydrogen-bond donors (Lipinski definition) is 0. The molecule has 0 aliphatic heterocycles. The Morgan fingerprint density at radius 2 is 1.65 bits per heavy atom. The summed E-state index contributed by atoms with van der Waals surface area (Å²) in [4.78, 5) is 12.7. The van der Waals surface area contributed by atoms with E-state index in [1.165, 1.54) is 0 Å². The lowest BCUT2D eigenvalue weighted by molar-refractivity contribution is 0.0982. The molecule has 20 heavy (non-hydrogen) atoms. The zero-order chi connectivity index (χ0) is 14.4. The Morgan fingerprint density at radius 1 is 1.00 bits per heavy atom. The molecule has 0 saturated carbocycles. The van der Waals surface area contributed by atoms with Gasteiger partial charge in [0.2, 0.25) is 0 Å². The Balaban J connectivity index is 1.83. The average molecular weight is 351 g/mol. The molecule has 0 fully saturated rings. The van der Waals surface area contributed by atoms with Crippen molar-refractivity contribution in [2.24, 2.45) is 0 Å². The number of rotatable bonds is 6. The van der Waals surface area contributed by atoms with E-state index in [0.29, 0.717) is 18.6 Å². The SMILES string of the molecule is O=C(CCCS(=O)c1ccc(Br)cc1)c1ccccc1. The molecule has 2 nitrogen and oxygen atoms in total. The molecule has 1 atom stereocenters. The Hall–Kier alpha value is -1.26. The van der Waals surface area contributed by atoms with Crippen LogP contribution in [0.1, 0.15) is 23.2 Å². The van der Waals surface area contributed by atoms with Crippen molar-refractivity contribution in [1.82, 2.24) is 0 Å². The van der Waals surface area contributed by atoms with Crippen LogP contribution in [0.4, 0.5) is 0 Å². The van der Waals surface area contributed by atoms with Gasteiger partial charge in [-0.3, -0.25) is 9.00 Å². The van der Waals surface area contributed by atoms with Crippen molar-refractivity contribution in [2.45, 2.75) is 17.7 Å². The van der Waals surface area contributed by atoms with Gasteiger partial charge in [-0.15, -0.1) is 0 Å². The molecule has 104 valence electrons. The summed E-state index contributed by atoms with van der Waals surface area (Å²) in [6.07, 6.45) is 1.07. The van der Waals surface area contributed by atoms with E-state index in [4.69, 9.17) is 0 Å². The zero-order valence-corrected chi connectivity index (χ0v) is 13.3. The fourth-order valence-corrected chi connectivity index (χ4v) is 3.18. The van der Waals surface area contributed by atoms with E-state index < -0.39 is 10.8 Å². The minimum atomic E-state index is -1.04.